The van der Waals surface area contributed by atoms with Crippen molar-refractivity contribution in [2.75, 3.05) is 0 Å². The summed E-state index contributed by atoms with van der Waals surface area (Å²) in [5.74, 6) is 0. The van der Waals surface area contributed by atoms with Gasteiger partial charge < -0.3 is 0 Å². The first-order valence-electron chi connectivity index (χ1n) is 6.75. The highest BCUT2D eigenvalue weighted by Crippen LogP contribution is 2.40. The van der Waals surface area contributed by atoms with E-state index in [1.807, 2.05) is 0 Å². The highest BCUT2D eigenvalue weighted by molar-refractivity contribution is 6.37. The number of nitrogens with zero attached hydrogens (tertiary/aromatic N) is 2. The zero-order valence-electron chi connectivity index (χ0n) is 11.9. The van der Waals surface area contributed by atoms with Crippen LogP contribution in [0.3, 0.4) is 0 Å². The van der Waals surface area contributed by atoms with Gasteiger partial charge in [-0.1, -0.05) is 37.0 Å². The van der Waals surface area contributed by atoms with E-state index in [0.717, 1.165) is 36.2 Å². The fourth-order valence-corrected chi connectivity index (χ4v) is 3.45. The van der Waals surface area contributed by atoms with Crippen molar-refractivity contribution in [2.45, 2.75) is 38.3 Å². The maximum absolute atomic E-state index is 12.8. The normalized spacial score (nSPS) is 16.9. The first-order chi connectivity index (χ1) is 10.1. The van der Waals surface area contributed by atoms with E-state index in [4.69, 9.17) is 23.2 Å². The molecule has 22 heavy (non-hydrogen) atoms. The van der Waals surface area contributed by atoms with E-state index in [1.54, 1.807) is 6.20 Å². The summed E-state index contributed by atoms with van der Waals surface area (Å²) in [7, 11) is 0. The molecule has 0 fully saturated rings. The minimum Gasteiger partial charge on any atom is -0.237 e. The minimum absolute atomic E-state index is 0.0502. The van der Waals surface area contributed by atoms with Gasteiger partial charge in [-0.25, -0.2) is 4.68 Å². The van der Waals surface area contributed by atoms with E-state index < -0.39 is 11.7 Å². The summed E-state index contributed by atoms with van der Waals surface area (Å²) in [6.07, 6.45) is -0.803. The Morgan fingerprint density at radius 1 is 1.18 bits per heavy atom. The zero-order valence-corrected chi connectivity index (χ0v) is 13.4. The summed E-state index contributed by atoms with van der Waals surface area (Å²) < 4.78 is 39.8. The van der Waals surface area contributed by atoms with Gasteiger partial charge in [-0.15, -0.1) is 0 Å². The monoisotopic (exact) mass is 348 g/mol. The van der Waals surface area contributed by atoms with E-state index in [1.165, 1.54) is 4.68 Å². The molecule has 7 heteroatoms. The van der Waals surface area contributed by atoms with Gasteiger partial charge in [-0.3, -0.25) is 0 Å². The second kappa shape index (κ2) is 4.90. The third kappa shape index (κ3) is 2.50. The molecule has 0 saturated heterocycles. The third-order valence-corrected chi connectivity index (χ3v) is 4.60. The Kier molecular flexibility index (Phi) is 3.49. The Morgan fingerprint density at radius 2 is 1.77 bits per heavy atom. The van der Waals surface area contributed by atoms with E-state index in [-0.39, 0.29) is 21.1 Å². The minimum atomic E-state index is -4.49. The molecular weight excluding hydrogens is 336 g/mol. The van der Waals surface area contributed by atoms with Crippen LogP contribution in [-0.2, 0) is 18.0 Å². The van der Waals surface area contributed by atoms with Gasteiger partial charge in [0.1, 0.15) is 5.69 Å². The molecule has 0 aliphatic heterocycles. The lowest BCUT2D eigenvalue weighted by molar-refractivity contribution is -0.137. The second-order valence-corrected chi connectivity index (χ2v) is 6.93. The molecule has 0 unspecified atom stereocenters. The Labute approximate surface area is 135 Å². The molecule has 0 radical (unpaired) electrons. The van der Waals surface area contributed by atoms with E-state index in [0.29, 0.717) is 0 Å². The van der Waals surface area contributed by atoms with E-state index >= 15 is 0 Å². The fraction of sp³-hybridized carbons (Fsp3) is 0.400. The van der Waals surface area contributed by atoms with Crippen LogP contribution in [0.2, 0.25) is 10.0 Å². The molecule has 1 aromatic heterocycles. The Morgan fingerprint density at radius 3 is 2.27 bits per heavy atom. The number of halogens is 5. The van der Waals surface area contributed by atoms with Gasteiger partial charge in [0.2, 0.25) is 0 Å². The lowest BCUT2D eigenvalue weighted by atomic mass is 9.91. The van der Waals surface area contributed by atoms with Crippen molar-refractivity contribution in [3.63, 3.8) is 0 Å². The highest BCUT2D eigenvalue weighted by atomic mass is 35.5. The van der Waals surface area contributed by atoms with Gasteiger partial charge in [-0.2, -0.15) is 18.3 Å². The van der Waals surface area contributed by atoms with Crippen molar-refractivity contribution < 1.29 is 13.2 Å². The van der Waals surface area contributed by atoms with Crippen molar-refractivity contribution in [3.05, 3.63) is 45.2 Å². The van der Waals surface area contributed by atoms with Gasteiger partial charge >= 0.3 is 6.18 Å². The van der Waals surface area contributed by atoms with Crippen molar-refractivity contribution >= 4 is 23.2 Å². The maximum Gasteiger partial charge on any atom is 0.416 e. The second-order valence-electron chi connectivity index (χ2n) is 6.12. The third-order valence-electron chi connectivity index (χ3n) is 4.02. The van der Waals surface area contributed by atoms with E-state index in [9.17, 15) is 13.2 Å². The van der Waals surface area contributed by atoms with Crippen LogP contribution in [0.25, 0.3) is 5.69 Å². The number of aryl methyl sites for hydroxylation is 1. The Hall–Kier alpha value is -1.20. The highest BCUT2D eigenvalue weighted by Gasteiger charge is 2.35. The first kappa shape index (κ1) is 15.7. The maximum atomic E-state index is 12.8. The van der Waals surface area contributed by atoms with Crippen LogP contribution >= 0.6 is 23.2 Å². The van der Waals surface area contributed by atoms with Crippen molar-refractivity contribution in [2.24, 2.45) is 0 Å². The van der Waals surface area contributed by atoms with Gasteiger partial charge in [0.05, 0.1) is 21.3 Å². The molecule has 0 spiro atoms. The number of aromatic nitrogens is 2. The quantitative estimate of drug-likeness (QED) is 0.672. The molecule has 3 rings (SSSR count). The topological polar surface area (TPSA) is 17.8 Å². The molecule has 2 aromatic rings. The van der Waals surface area contributed by atoms with Crippen molar-refractivity contribution in [1.29, 1.82) is 0 Å². The summed E-state index contributed by atoms with van der Waals surface area (Å²) in [6, 6.07) is 1.75. The Bertz CT molecular complexity index is 725. The predicted octanol–water partition coefficient (Wildman–Crippen LogP) is 5.42. The van der Waals surface area contributed by atoms with Crippen LogP contribution in [0.15, 0.2) is 18.3 Å². The summed E-state index contributed by atoms with van der Waals surface area (Å²) in [4.78, 5) is 0. The summed E-state index contributed by atoms with van der Waals surface area (Å²) >= 11 is 12.0. The summed E-state index contributed by atoms with van der Waals surface area (Å²) in [5.41, 5.74) is 1.38. The van der Waals surface area contributed by atoms with Crippen LogP contribution in [0, 0.1) is 0 Å². The van der Waals surface area contributed by atoms with Gasteiger partial charge in [0.15, 0.2) is 0 Å². The number of alkyl halides is 3. The molecule has 1 aliphatic carbocycles. The largest absolute Gasteiger partial charge is 0.416 e. The number of hydrogen-bond acceptors (Lipinski definition) is 1. The number of fused-ring (bicyclic) bond motifs is 1. The summed E-state index contributed by atoms with van der Waals surface area (Å²) in [5, 5.41) is 4.35. The van der Waals surface area contributed by atoms with Crippen LogP contribution in [-0.4, -0.2) is 9.78 Å². The lowest BCUT2D eigenvalue weighted by Gasteiger charge is -2.16. The lowest BCUT2D eigenvalue weighted by Crippen LogP contribution is -2.14. The van der Waals surface area contributed by atoms with Crippen LogP contribution < -0.4 is 0 Å². The molecule has 0 bridgehead atoms. The Balaban J connectivity index is 2.11. The average Bonchev–Trinajstić information content (AvgIpc) is 2.89. The fourth-order valence-electron chi connectivity index (χ4n) is 2.79. The van der Waals surface area contributed by atoms with Crippen LogP contribution in [0.5, 0.6) is 0 Å². The van der Waals surface area contributed by atoms with Crippen molar-refractivity contribution in [3.8, 4) is 5.69 Å². The summed E-state index contributed by atoms with van der Waals surface area (Å²) in [6.45, 7) is 4.18. The molecule has 2 nitrogen and oxygen atoms in total. The number of hydrogen-bond donors (Lipinski definition) is 0. The smallest absolute Gasteiger partial charge is 0.237 e. The van der Waals surface area contributed by atoms with Crippen LogP contribution in [0.1, 0.15) is 37.1 Å². The van der Waals surface area contributed by atoms with Crippen molar-refractivity contribution in [1.82, 2.24) is 9.78 Å². The molecule has 0 N–H and O–H groups in total. The molecule has 118 valence electrons. The standard InChI is InChI=1S/C15H13Cl2F3N2/c1-14(2)4-3-8-7-22(21-13(8)14)12-10(16)5-9(6-11(12)17)15(18,19)20/h5-7H,3-4H2,1-2H3. The molecule has 1 heterocycles. The molecular formula is C15H13Cl2F3N2. The zero-order chi connectivity index (χ0) is 16.3. The first-order valence-corrected chi connectivity index (χ1v) is 7.51. The van der Waals surface area contributed by atoms with Gasteiger partial charge in [-0.05, 0) is 30.5 Å². The van der Waals surface area contributed by atoms with Crippen LogP contribution in [0.4, 0.5) is 13.2 Å². The molecule has 1 aliphatic rings. The van der Waals surface area contributed by atoms with E-state index in [2.05, 4.69) is 18.9 Å². The SMILES string of the molecule is CC1(C)CCc2cn(-c3c(Cl)cc(C(F)(F)F)cc3Cl)nc21. The predicted molar refractivity (Wildman–Crippen MR) is 79.9 cm³/mol. The van der Waals surface area contributed by atoms with Gasteiger partial charge in [0.25, 0.3) is 0 Å². The molecule has 0 atom stereocenters. The average molecular weight is 349 g/mol. The molecule has 0 saturated carbocycles. The number of rotatable bonds is 1. The van der Waals surface area contributed by atoms with Gasteiger partial charge in [0, 0.05) is 11.6 Å². The number of benzene rings is 1. The molecule has 1 aromatic carbocycles. The molecule has 0 amide bonds.